The molecule has 1 amide bonds. The van der Waals surface area contributed by atoms with Gasteiger partial charge in [0.05, 0.1) is 7.11 Å². The average Bonchev–Trinajstić information content (AvgIpc) is 2.11. The van der Waals surface area contributed by atoms with Gasteiger partial charge in [0, 0.05) is 0 Å². The summed E-state index contributed by atoms with van der Waals surface area (Å²) in [5.74, 6) is -1.48. The predicted molar refractivity (Wildman–Crippen MR) is 44.4 cm³/mol. The Hall–Kier alpha value is -1.57. The molecule has 0 rings (SSSR count). The molecule has 1 N–H and O–H groups in total. The van der Waals surface area contributed by atoms with Crippen LogP contribution in [0, 0.1) is 17.2 Å². The number of amides is 1. The molecule has 0 bridgehead atoms. The van der Waals surface area contributed by atoms with Gasteiger partial charge in [-0.1, -0.05) is 13.8 Å². The maximum absolute atomic E-state index is 11.1. The van der Waals surface area contributed by atoms with Crippen LogP contribution in [0.4, 0.5) is 0 Å². The lowest BCUT2D eigenvalue weighted by Gasteiger charge is -2.17. The van der Waals surface area contributed by atoms with Crippen molar-refractivity contribution >= 4 is 11.9 Å². The number of nitrogens with zero attached hydrogens (tertiary/aromatic N) is 1. The quantitative estimate of drug-likeness (QED) is 0.487. The predicted octanol–water partition coefficient (Wildman–Crippen LogP) is -0.176. The Bertz CT molecular complexity index is 242. The largest absolute Gasteiger partial charge is 0.467 e. The van der Waals surface area contributed by atoms with Crippen LogP contribution in [0.3, 0.4) is 0 Å². The first kappa shape index (κ1) is 11.4. The van der Waals surface area contributed by atoms with Crippen molar-refractivity contribution in [2.45, 2.75) is 19.9 Å². The molecule has 0 aliphatic rings. The summed E-state index contributed by atoms with van der Waals surface area (Å²) in [6, 6.07) is 0.619. The number of methoxy groups -OCH3 is 1. The number of nitriles is 1. The molecule has 0 unspecified atom stereocenters. The summed E-state index contributed by atoms with van der Waals surface area (Å²) in [5, 5.41) is 10.4. The SMILES string of the molecule is COC(=O)[C@@H](NC(=O)C#N)C(C)C. The molecule has 0 aromatic carbocycles. The van der Waals surface area contributed by atoms with E-state index in [0.29, 0.717) is 0 Å². The van der Waals surface area contributed by atoms with Gasteiger partial charge < -0.3 is 10.1 Å². The monoisotopic (exact) mass is 184 g/mol. The molecule has 5 nitrogen and oxygen atoms in total. The van der Waals surface area contributed by atoms with Crippen LogP contribution in [0.2, 0.25) is 0 Å². The third-order valence-corrected chi connectivity index (χ3v) is 1.51. The molecular formula is C8H12N2O3. The van der Waals surface area contributed by atoms with Crippen molar-refractivity contribution < 1.29 is 14.3 Å². The molecule has 0 radical (unpaired) electrons. The van der Waals surface area contributed by atoms with Crippen molar-refractivity contribution in [3.63, 3.8) is 0 Å². The number of rotatable bonds is 3. The second-order valence-corrected chi connectivity index (χ2v) is 2.83. The van der Waals surface area contributed by atoms with Crippen LogP contribution in [0.25, 0.3) is 0 Å². The van der Waals surface area contributed by atoms with Gasteiger partial charge in [0.25, 0.3) is 0 Å². The van der Waals surface area contributed by atoms with Crippen molar-refractivity contribution in [3.8, 4) is 6.07 Å². The maximum Gasteiger partial charge on any atom is 0.328 e. The minimum absolute atomic E-state index is 0.107. The first-order valence-corrected chi connectivity index (χ1v) is 3.81. The fraction of sp³-hybridized carbons (Fsp3) is 0.625. The van der Waals surface area contributed by atoms with Crippen LogP contribution in [0.1, 0.15) is 13.8 Å². The fourth-order valence-corrected chi connectivity index (χ4v) is 0.798. The highest BCUT2D eigenvalue weighted by atomic mass is 16.5. The number of carbonyl (C=O) groups is 2. The Morgan fingerprint density at radius 1 is 1.46 bits per heavy atom. The zero-order valence-electron chi connectivity index (χ0n) is 7.83. The summed E-state index contributed by atoms with van der Waals surface area (Å²) in [6.07, 6.45) is 0. The fourth-order valence-electron chi connectivity index (χ4n) is 0.798. The number of carbonyl (C=O) groups excluding carboxylic acids is 2. The summed E-state index contributed by atoms with van der Waals surface area (Å²) in [5.41, 5.74) is 0. The zero-order valence-corrected chi connectivity index (χ0v) is 7.83. The van der Waals surface area contributed by atoms with E-state index in [9.17, 15) is 9.59 Å². The molecule has 0 aliphatic heterocycles. The van der Waals surface area contributed by atoms with Gasteiger partial charge in [-0.25, -0.2) is 4.79 Å². The first-order chi connectivity index (χ1) is 6.02. The van der Waals surface area contributed by atoms with Crippen LogP contribution in [-0.2, 0) is 14.3 Å². The Morgan fingerprint density at radius 2 is 2.00 bits per heavy atom. The summed E-state index contributed by atoms with van der Waals surface area (Å²) in [7, 11) is 1.23. The Balaban J connectivity index is 4.37. The molecule has 0 saturated heterocycles. The molecule has 0 aliphatic carbocycles. The van der Waals surface area contributed by atoms with Crippen molar-refractivity contribution in [2.75, 3.05) is 7.11 Å². The molecule has 0 spiro atoms. The highest BCUT2D eigenvalue weighted by Crippen LogP contribution is 2.02. The van der Waals surface area contributed by atoms with Crippen LogP contribution < -0.4 is 5.32 Å². The molecule has 0 saturated carbocycles. The second-order valence-electron chi connectivity index (χ2n) is 2.83. The van der Waals surface area contributed by atoms with Crippen LogP contribution in [0.15, 0.2) is 0 Å². The highest BCUT2D eigenvalue weighted by molar-refractivity contribution is 5.94. The molecule has 5 heteroatoms. The van der Waals surface area contributed by atoms with E-state index in [4.69, 9.17) is 5.26 Å². The molecule has 0 heterocycles. The maximum atomic E-state index is 11.1. The van der Waals surface area contributed by atoms with E-state index >= 15 is 0 Å². The van der Waals surface area contributed by atoms with E-state index < -0.39 is 17.9 Å². The standard InChI is InChI=1S/C8H12N2O3/c1-5(2)7(8(12)13-3)10-6(11)4-9/h5,7H,1-3H3,(H,10,11)/t7-/m0/s1. The summed E-state index contributed by atoms with van der Waals surface area (Å²) in [6.45, 7) is 3.50. The van der Waals surface area contributed by atoms with E-state index in [-0.39, 0.29) is 5.92 Å². The van der Waals surface area contributed by atoms with E-state index in [1.807, 2.05) is 0 Å². The van der Waals surface area contributed by atoms with E-state index in [0.717, 1.165) is 0 Å². The van der Waals surface area contributed by atoms with Crippen molar-refractivity contribution in [2.24, 2.45) is 5.92 Å². The lowest BCUT2D eigenvalue weighted by atomic mass is 10.1. The Kier molecular flexibility index (Phi) is 4.52. The number of ether oxygens (including phenoxy) is 1. The molecule has 1 atom stereocenters. The van der Waals surface area contributed by atoms with E-state index in [2.05, 4.69) is 10.1 Å². The van der Waals surface area contributed by atoms with E-state index in [1.54, 1.807) is 13.8 Å². The summed E-state index contributed by atoms with van der Waals surface area (Å²) >= 11 is 0. The summed E-state index contributed by atoms with van der Waals surface area (Å²) < 4.78 is 4.46. The van der Waals surface area contributed by atoms with Gasteiger partial charge in [-0.15, -0.1) is 0 Å². The molecule has 0 aromatic heterocycles. The van der Waals surface area contributed by atoms with Crippen LogP contribution in [0.5, 0.6) is 0 Å². The van der Waals surface area contributed by atoms with Gasteiger partial charge >= 0.3 is 11.9 Å². The Morgan fingerprint density at radius 3 is 2.31 bits per heavy atom. The van der Waals surface area contributed by atoms with Gasteiger partial charge in [0.15, 0.2) is 6.07 Å². The third kappa shape index (κ3) is 3.56. The smallest absolute Gasteiger partial charge is 0.328 e. The molecule has 0 aromatic rings. The lowest BCUT2D eigenvalue weighted by Crippen LogP contribution is -2.44. The minimum Gasteiger partial charge on any atom is -0.467 e. The summed E-state index contributed by atoms with van der Waals surface area (Å²) in [4.78, 5) is 21.7. The molecule has 72 valence electrons. The third-order valence-electron chi connectivity index (χ3n) is 1.51. The molecule has 13 heavy (non-hydrogen) atoms. The number of hydrogen-bond donors (Lipinski definition) is 1. The van der Waals surface area contributed by atoms with Crippen molar-refractivity contribution in [1.82, 2.24) is 5.32 Å². The van der Waals surface area contributed by atoms with Crippen LogP contribution >= 0.6 is 0 Å². The number of esters is 1. The topological polar surface area (TPSA) is 79.2 Å². The normalized spacial score (nSPS) is 11.6. The number of hydrogen-bond acceptors (Lipinski definition) is 4. The molecule has 0 fully saturated rings. The van der Waals surface area contributed by atoms with Gasteiger partial charge in [-0.05, 0) is 5.92 Å². The van der Waals surface area contributed by atoms with Gasteiger partial charge in [-0.3, -0.25) is 4.79 Å². The van der Waals surface area contributed by atoms with Gasteiger partial charge in [0.2, 0.25) is 0 Å². The van der Waals surface area contributed by atoms with Gasteiger partial charge in [-0.2, -0.15) is 5.26 Å². The lowest BCUT2D eigenvalue weighted by molar-refractivity contribution is -0.145. The van der Waals surface area contributed by atoms with Crippen LogP contribution in [-0.4, -0.2) is 25.0 Å². The van der Waals surface area contributed by atoms with Gasteiger partial charge in [0.1, 0.15) is 6.04 Å². The van der Waals surface area contributed by atoms with Crippen molar-refractivity contribution in [1.29, 1.82) is 5.26 Å². The van der Waals surface area contributed by atoms with E-state index in [1.165, 1.54) is 13.2 Å². The highest BCUT2D eigenvalue weighted by Gasteiger charge is 2.24. The Labute approximate surface area is 76.7 Å². The average molecular weight is 184 g/mol. The first-order valence-electron chi connectivity index (χ1n) is 3.81. The minimum atomic E-state index is -0.830. The zero-order chi connectivity index (χ0) is 10.4. The van der Waals surface area contributed by atoms with Crippen molar-refractivity contribution in [3.05, 3.63) is 0 Å². The number of nitrogens with one attached hydrogen (secondary N) is 1. The second kappa shape index (κ2) is 5.14. The molecular weight excluding hydrogens is 172 g/mol.